The average molecular weight is 262 g/mol. The Balaban J connectivity index is 2.13. The fraction of sp³-hybridized carbons (Fsp3) is 0.444. The molecule has 2 rings (SSSR count). The fourth-order valence-corrected chi connectivity index (χ4v) is 1.98. The molecule has 1 aromatic heterocycles. The van der Waals surface area contributed by atoms with Crippen LogP contribution in [0.3, 0.4) is 0 Å². The van der Waals surface area contributed by atoms with E-state index in [0.29, 0.717) is 0 Å². The predicted molar refractivity (Wildman–Crippen MR) is 58.4 cm³/mol. The highest BCUT2D eigenvalue weighted by Crippen LogP contribution is 2.21. The number of nitrogens with zero attached hydrogens (tertiary/aromatic N) is 2. The lowest BCUT2D eigenvalue weighted by Gasteiger charge is -2.15. The summed E-state index contributed by atoms with van der Waals surface area (Å²) >= 11 is 9.37. The fourth-order valence-electron chi connectivity index (χ4n) is 1.48. The van der Waals surface area contributed by atoms with Crippen LogP contribution in [-0.4, -0.2) is 23.5 Å². The molecule has 1 fully saturated rings. The molecule has 0 bridgehead atoms. The average Bonchev–Trinajstić information content (AvgIpc) is 2.53. The molecule has 4 heteroatoms. The van der Waals surface area contributed by atoms with E-state index in [-0.39, 0.29) is 5.38 Å². The van der Waals surface area contributed by atoms with Crippen LogP contribution >= 0.6 is 27.5 Å². The number of aromatic nitrogens is 1. The molecule has 0 N–H and O–H groups in total. The van der Waals surface area contributed by atoms with E-state index >= 15 is 0 Å². The van der Waals surface area contributed by atoms with E-state index in [1.165, 1.54) is 0 Å². The van der Waals surface area contributed by atoms with Crippen LogP contribution < -0.4 is 4.90 Å². The molecule has 13 heavy (non-hydrogen) atoms. The molecular formula is C9H10BrClN2. The summed E-state index contributed by atoms with van der Waals surface area (Å²) in [7, 11) is 0. The molecule has 1 aliphatic rings. The van der Waals surface area contributed by atoms with Gasteiger partial charge in [-0.05, 0) is 34.5 Å². The topological polar surface area (TPSA) is 16.1 Å². The monoisotopic (exact) mass is 260 g/mol. The zero-order chi connectivity index (χ0) is 9.26. The lowest BCUT2D eigenvalue weighted by molar-refractivity contribution is 0.937. The van der Waals surface area contributed by atoms with Gasteiger partial charge in [0.15, 0.2) is 0 Å². The zero-order valence-electron chi connectivity index (χ0n) is 7.08. The summed E-state index contributed by atoms with van der Waals surface area (Å²) in [6, 6.07) is 4.02. The van der Waals surface area contributed by atoms with Crippen LogP contribution in [0.1, 0.15) is 6.42 Å². The number of hydrogen-bond acceptors (Lipinski definition) is 2. The van der Waals surface area contributed by atoms with E-state index < -0.39 is 0 Å². The van der Waals surface area contributed by atoms with Gasteiger partial charge in [-0.25, -0.2) is 4.98 Å². The number of halogens is 2. The molecule has 1 aromatic rings. The van der Waals surface area contributed by atoms with Gasteiger partial charge in [-0.15, -0.1) is 11.6 Å². The Bertz CT molecular complexity index is 288. The third-order valence-corrected chi connectivity index (χ3v) is 2.99. The first-order valence-corrected chi connectivity index (χ1v) is 5.49. The van der Waals surface area contributed by atoms with Gasteiger partial charge in [0.2, 0.25) is 0 Å². The van der Waals surface area contributed by atoms with Crippen molar-refractivity contribution < 1.29 is 0 Å². The van der Waals surface area contributed by atoms with Crippen LogP contribution in [0.25, 0.3) is 0 Å². The van der Waals surface area contributed by atoms with Crippen molar-refractivity contribution in [1.82, 2.24) is 4.98 Å². The van der Waals surface area contributed by atoms with Gasteiger partial charge in [0.25, 0.3) is 0 Å². The molecule has 0 aliphatic carbocycles. The second-order valence-corrected chi connectivity index (χ2v) is 4.70. The molecular weight excluding hydrogens is 251 g/mol. The molecule has 1 atom stereocenters. The van der Waals surface area contributed by atoms with Crippen LogP contribution in [-0.2, 0) is 0 Å². The first-order valence-electron chi connectivity index (χ1n) is 4.26. The van der Waals surface area contributed by atoms with Crippen molar-refractivity contribution in [2.45, 2.75) is 11.8 Å². The molecule has 0 saturated carbocycles. The van der Waals surface area contributed by atoms with E-state index in [0.717, 1.165) is 29.8 Å². The van der Waals surface area contributed by atoms with Crippen molar-refractivity contribution in [3.05, 3.63) is 22.8 Å². The van der Waals surface area contributed by atoms with E-state index in [2.05, 4.69) is 25.8 Å². The SMILES string of the molecule is ClC1CCN(c2ccc(Br)cn2)C1. The molecule has 2 heterocycles. The molecule has 1 aliphatic heterocycles. The summed E-state index contributed by atoms with van der Waals surface area (Å²) < 4.78 is 1.01. The highest BCUT2D eigenvalue weighted by molar-refractivity contribution is 9.10. The van der Waals surface area contributed by atoms with Crippen LogP contribution in [0.4, 0.5) is 5.82 Å². The molecule has 0 aromatic carbocycles. The number of alkyl halides is 1. The maximum absolute atomic E-state index is 6.01. The summed E-state index contributed by atoms with van der Waals surface area (Å²) in [6.45, 7) is 1.93. The molecule has 0 amide bonds. The maximum Gasteiger partial charge on any atom is 0.128 e. The number of anilines is 1. The van der Waals surface area contributed by atoms with Crippen LogP contribution in [0.2, 0.25) is 0 Å². The minimum atomic E-state index is 0.283. The molecule has 70 valence electrons. The number of hydrogen-bond donors (Lipinski definition) is 0. The smallest absolute Gasteiger partial charge is 0.128 e. The summed E-state index contributed by atoms with van der Waals surface area (Å²) in [4.78, 5) is 6.53. The second kappa shape index (κ2) is 3.84. The summed E-state index contributed by atoms with van der Waals surface area (Å²) in [5, 5.41) is 0.283. The van der Waals surface area contributed by atoms with E-state index in [1.54, 1.807) is 0 Å². The van der Waals surface area contributed by atoms with Gasteiger partial charge in [0.1, 0.15) is 5.82 Å². The first-order chi connectivity index (χ1) is 6.25. The summed E-state index contributed by atoms with van der Waals surface area (Å²) in [5.41, 5.74) is 0. The molecule has 1 unspecified atom stereocenters. The van der Waals surface area contributed by atoms with Crippen LogP contribution in [0, 0.1) is 0 Å². The molecule has 2 nitrogen and oxygen atoms in total. The van der Waals surface area contributed by atoms with E-state index in [1.807, 2.05) is 18.3 Å². The van der Waals surface area contributed by atoms with Gasteiger partial charge < -0.3 is 4.90 Å². The van der Waals surface area contributed by atoms with Crippen LogP contribution in [0.5, 0.6) is 0 Å². The van der Waals surface area contributed by atoms with Crippen LogP contribution in [0.15, 0.2) is 22.8 Å². The summed E-state index contributed by atoms with van der Waals surface area (Å²) in [5.74, 6) is 1.02. The van der Waals surface area contributed by atoms with Crippen molar-refractivity contribution in [3.8, 4) is 0 Å². The zero-order valence-corrected chi connectivity index (χ0v) is 9.42. The van der Waals surface area contributed by atoms with Crippen molar-refractivity contribution in [2.24, 2.45) is 0 Å². The van der Waals surface area contributed by atoms with Crippen molar-refractivity contribution in [3.63, 3.8) is 0 Å². The Morgan fingerprint density at radius 2 is 2.38 bits per heavy atom. The molecule has 1 saturated heterocycles. The first kappa shape index (κ1) is 9.28. The molecule has 0 spiro atoms. The minimum absolute atomic E-state index is 0.283. The standard InChI is InChI=1S/C9H10BrClN2/c10-7-1-2-9(12-5-7)13-4-3-8(11)6-13/h1-2,5,8H,3-4,6H2. The van der Waals surface area contributed by atoms with Gasteiger partial charge in [0, 0.05) is 23.8 Å². The number of rotatable bonds is 1. The maximum atomic E-state index is 6.01. The third-order valence-electron chi connectivity index (χ3n) is 2.17. The Morgan fingerprint density at radius 1 is 1.54 bits per heavy atom. The highest BCUT2D eigenvalue weighted by Gasteiger charge is 2.20. The third kappa shape index (κ3) is 2.15. The summed E-state index contributed by atoms with van der Waals surface area (Å²) in [6.07, 6.45) is 2.87. The quantitative estimate of drug-likeness (QED) is 0.723. The van der Waals surface area contributed by atoms with E-state index in [9.17, 15) is 0 Å². The number of pyridine rings is 1. The van der Waals surface area contributed by atoms with Gasteiger partial charge in [-0.2, -0.15) is 0 Å². The Kier molecular flexibility index (Phi) is 2.74. The van der Waals surface area contributed by atoms with Crippen molar-refractivity contribution >= 4 is 33.3 Å². The normalized spacial score (nSPS) is 22.3. The second-order valence-electron chi connectivity index (χ2n) is 3.17. The largest absolute Gasteiger partial charge is 0.355 e. The Hall–Kier alpha value is -0.280. The van der Waals surface area contributed by atoms with Gasteiger partial charge >= 0.3 is 0 Å². The predicted octanol–water partition coefficient (Wildman–Crippen LogP) is 2.66. The minimum Gasteiger partial charge on any atom is -0.355 e. The van der Waals surface area contributed by atoms with Crippen molar-refractivity contribution in [1.29, 1.82) is 0 Å². The molecule has 0 radical (unpaired) electrons. The lowest BCUT2D eigenvalue weighted by Crippen LogP contribution is -2.20. The highest BCUT2D eigenvalue weighted by atomic mass is 79.9. The van der Waals surface area contributed by atoms with Gasteiger partial charge in [0.05, 0.1) is 5.38 Å². The van der Waals surface area contributed by atoms with Gasteiger partial charge in [-0.1, -0.05) is 0 Å². The Morgan fingerprint density at radius 3 is 2.92 bits per heavy atom. The van der Waals surface area contributed by atoms with E-state index in [4.69, 9.17) is 11.6 Å². The van der Waals surface area contributed by atoms with Crippen molar-refractivity contribution in [2.75, 3.05) is 18.0 Å². The van der Waals surface area contributed by atoms with Gasteiger partial charge in [-0.3, -0.25) is 0 Å². The Labute approximate surface area is 91.0 Å². The lowest BCUT2D eigenvalue weighted by atomic mass is 10.4.